The first-order chi connectivity index (χ1) is 31.9. The SMILES string of the molecule is C[C@H](NC(=O)[C@H](CCCN=C(N)N)NC(=O)[C@@H](NC(=O)[C@H](CO)NC(=O)[C@H](CCCN=C(N)N)NC(=O)[C@@H](N)CS)[C@@H](C)O)C(=O)N[C@@H](CC(N)=O)C(=O)N1CCC[C@H]1C(=O)N[C@@H](CS)C(=O)O. The summed E-state index contributed by atoms with van der Waals surface area (Å²) in [6.07, 6.45) is -2.00. The molecule has 31 heteroatoms. The van der Waals surface area contributed by atoms with E-state index in [2.05, 4.69) is 72.5 Å². The third kappa shape index (κ3) is 20.8. The number of carbonyl (C=O) groups excluding carboxylic acids is 9. The maximum atomic E-state index is 13.7. The van der Waals surface area contributed by atoms with Crippen LogP contribution in [0.4, 0.5) is 0 Å². The van der Waals surface area contributed by atoms with Crippen LogP contribution < -0.4 is 71.6 Å². The highest BCUT2D eigenvalue weighted by Crippen LogP contribution is 2.20. The van der Waals surface area contributed by atoms with Crippen LogP contribution in [0.5, 0.6) is 0 Å². The van der Waals surface area contributed by atoms with Crippen molar-refractivity contribution in [1.29, 1.82) is 0 Å². The molecule has 0 aliphatic carbocycles. The molecule has 1 saturated heterocycles. The number of guanidine groups is 2. The highest BCUT2D eigenvalue weighted by atomic mass is 32.1. The number of carboxylic acids is 1. The number of thiol groups is 2. The number of rotatable bonds is 30. The number of carboxylic acid groups (broad SMARTS) is 1. The van der Waals surface area contributed by atoms with Crippen LogP contribution in [-0.4, -0.2) is 189 Å². The quantitative estimate of drug-likeness (QED) is 0.0137. The number of aliphatic hydroxyl groups excluding tert-OH is 2. The normalized spacial score (nSPS) is 17.1. The van der Waals surface area contributed by atoms with E-state index in [1.165, 1.54) is 6.92 Å². The summed E-state index contributed by atoms with van der Waals surface area (Å²) in [6.45, 7) is 1.31. The number of primary amides is 1. The Bertz CT molecular complexity index is 1850. The molecule has 0 spiro atoms. The maximum Gasteiger partial charge on any atom is 0.327 e. The van der Waals surface area contributed by atoms with Crippen molar-refractivity contribution in [2.45, 2.75) is 119 Å². The number of hydrogen-bond donors (Lipinski definition) is 18. The maximum absolute atomic E-state index is 13.7. The van der Waals surface area contributed by atoms with Gasteiger partial charge in [0.15, 0.2) is 11.9 Å². The van der Waals surface area contributed by atoms with Gasteiger partial charge in [0.25, 0.3) is 0 Å². The van der Waals surface area contributed by atoms with Crippen molar-refractivity contribution in [3.8, 4) is 0 Å². The largest absolute Gasteiger partial charge is 0.480 e. The van der Waals surface area contributed by atoms with Gasteiger partial charge in [0.05, 0.1) is 25.2 Å². The molecule has 9 amide bonds. The van der Waals surface area contributed by atoms with Crippen LogP contribution in [-0.2, 0) is 47.9 Å². The molecule has 1 aliphatic rings. The van der Waals surface area contributed by atoms with Gasteiger partial charge in [0, 0.05) is 31.1 Å². The molecule has 68 heavy (non-hydrogen) atoms. The highest BCUT2D eigenvalue weighted by molar-refractivity contribution is 7.80. The second kappa shape index (κ2) is 30.3. The summed E-state index contributed by atoms with van der Waals surface area (Å²) in [6, 6.07) is -13.2. The molecule has 1 heterocycles. The predicted molar refractivity (Wildman–Crippen MR) is 250 cm³/mol. The zero-order chi connectivity index (χ0) is 51.8. The van der Waals surface area contributed by atoms with Crippen molar-refractivity contribution in [3.63, 3.8) is 0 Å². The summed E-state index contributed by atoms with van der Waals surface area (Å²) < 4.78 is 0. The van der Waals surface area contributed by atoms with Crippen LogP contribution in [0.3, 0.4) is 0 Å². The highest BCUT2D eigenvalue weighted by Gasteiger charge is 2.40. The topological polar surface area (TPSA) is 500 Å². The van der Waals surface area contributed by atoms with Crippen molar-refractivity contribution in [1.82, 2.24) is 42.1 Å². The Balaban J connectivity index is 3.26. The van der Waals surface area contributed by atoms with Crippen LogP contribution in [0.2, 0.25) is 0 Å². The van der Waals surface area contributed by atoms with Gasteiger partial charge in [-0.25, -0.2) is 4.79 Å². The number of nitrogens with two attached hydrogens (primary N) is 6. The van der Waals surface area contributed by atoms with Crippen molar-refractivity contribution in [2.75, 3.05) is 37.7 Å². The summed E-state index contributed by atoms with van der Waals surface area (Å²) >= 11 is 7.89. The molecule has 0 bridgehead atoms. The molecule has 22 N–H and O–H groups in total. The molecule has 0 aromatic carbocycles. The molecular formula is C37H66N16O13S2. The van der Waals surface area contributed by atoms with E-state index in [-0.39, 0.29) is 75.2 Å². The zero-order valence-corrected chi connectivity index (χ0v) is 39.4. The van der Waals surface area contributed by atoms with Gasteiger partial charge in [-0.2, -0.15) is 25.3 Å². The number of nitrogens with one attached hydrogen (secondary N) is 7. The first kappa shape index (κ1) is 59.8. The van der Waals surface area contributed by atoms with Gasteiger partial charge in [0.1, 0.15) is 48.3 Å². The van der Waals surface area contributed by atoms with Crippen molar-refractivity contribution >= 4 is 96.3 Å². The lowest BCUT2D eigenvalue weighted by Gasteiger charge is -2.30. The van der Waals surface area contributed by atoms with E-state index >= 15 is 0 Å². The average Bonchev–Trinajstić information content (AvgIpc) is 3.77. The van der Waals surface area contributed by atoms with E-state index in [1.807, 2.05) is 0 Å². The first-order valence-electron chi connectivity index (χ1n) is 21.2. The molecule has 1 fully saturated rings. The molecule has 10 atom stereocenters. The number of hydrogen-bond acceptors (Lipinski definition) is 17. The average molecular weight is 1010 g/mol. The van der Waals surface area contributed by atoms with E-state index in [1.54, 1.807) is 0 Å². The van der Waals surface area contributed by atoms with Crippen molar-refractivity contribution < 1.29 is 63.3 Å². The minimum Gasteiger partial charge on any atom is -0.480 e. The van der Waals surface area contributed by atoms with Gasteiger partial charge in [-0.05, 0) is 52.4 Å². The Morgan fingerprint density at radius 2 is 1.16 bits per heavy atom. The predicted octanol–water partition coefficient (Wildman–Crippen LogP) is -8.98. The Kier molecular flexibility index (Phi) is 26.6. The van der Waals surface area contributed by atoms with E-state index < -0.39 is 133 Å². The molecular weight excluding hydrogens is 941 g/mol. The van der Waals surface area contributed by atoms with E-state index in [4.69, 9.17) is 34.4 Å². The minimum atomic E-state index is -1.84. The van der Waals surface area contributed by atoms with Gasteiger partial charge < -0.3 is 91.8 Å². The van der Waals surface area contributed by atoms with Gasteiger partial charge in [-0.3, -0.25) is 53.1 Å². The van der Waals surface area contributed by atoms with Crippen molar-refractivity contribution in [3.05, 3.63) is 0 Å². The molecule has 0 aromatic heterocycles. The second-order valence-corrected chi connectivity index (χ2v) is 16.2. The van der Waals surface area contributed by atoms with E-state index in [0.717, 1.165) is 11.8 Å². The number of aliphatic carboxylic acids is 1. The molecule has 384 valence electrons. The Hall–Kier alpha value is -6.18. The van der Waals surface area contributed by atoms with Crippen LogP contribution in [0, 0.1) is 0 Å². The number of amides is 9. The van der Waals surface area contributed by atoms with Gasteiger partial charge in [-0.1, -0.05) is 0 Å². The Morgan fingerprint density at radius 1 is 0.662 bits per heavy atom. The van der Waals surface area contributed by atoms with E-state index in [0.29, 0.717) is 6.42 Å². The van der Waals surface area contributed by atoms with Crippen molar-refractivity contribution in [2.24, 2.45) is 44.4 Å². The zero-order valence-electron chi connectivity index (χ0n) is 37.6. The van der Waals surface area contributed by atoms with E-state index in [9.17, 15) is 63.3 Å². The third-order valence-electron chi connectivity index (χ3n) is 9.98. The smallest absolute Gasteiger partial charge is 0.327 e. The first-order valence-corrected chi connectivity index (χ1v) is 22.5. The molecule has 1 rings (SSSR count). The molecule has 0 aromatic rings. The standard InChI is InChI=1S/C37H66N16O13S2/c1-16(27(57)49-21(12-25(39)56)34(64)53-11-5-8-24(53)32(62)51-23(15-68)35(65)66)46-29(59)19(6-3-9-44-36(40)41)48-33(63)26(17(2)55)52-31(61)22(13-54)50-30(60)20(7-4-10-45-37(42)43)47-28(58)18(38)14-67/h16-24,26,54-55,67-68H,3-15,38H2,1-2H3,(H2,39,56)(H,46,59)(H,47,58)(H,48,63)(H,49,57)(H,50,60)(H,51,62)(H,52,61)(H,65,66)(H4,40,41,44)(H4,42,43,45)/t16-,17+,18-,19-,20-,21-,22-,23-,24-,26-/m0/s1. The molecule has 1 aliphatic heterocycles. The van der Waals surface area contributed by atoms with Crippen LogP contribution in [0.25, 0.3) is 0 Å². The van der Waals surface area contributed by atoms with Crippen LogP contribution >= 0.6 is 25.3 Å². The van der Waals surface area contributed by atoms with Gasteiger partial charge in [0.2, 0.25) is 53.2 Å². The fourth-order valence-electron chi connectivity index (χ4n) is 6.33. The number of carbonyl (C=O) groups is 10. The Labute approximate surface area is 402 Å². The number of likely N-dealkylation sites (tertiary alicyclic amines) is 1. The fraction of sp³-hybridized carbons (Fsp3) is 0.676. The van der Waals surface area contributed by atoms with Gasteiger partial charge in [-0.15, -0.1) is 0 Å². The summed E-state index contributed by atoms with van der Waals surface area (Å²) in [5, 5.41) is 46.3. The lowest BCUT2D eigenvalue weighted by molar-refractivity contribution is -0.145. The molecule has 0 unspecified atom stereocenters. The lowest BCUT2D eigenvalue weighted by atomic mass is 10.1. The van der Waals surface area contributed by atoms with Crippen LogP contribution in [0.1, 0.15) is 58.8 Å². The lowest BCUT2D eigenvalue weighted by Crippen LogP contribution is -2.62. The minimum absolute atomic E-state index is 0.00679. The monoisotopic (exact) mass is 1010 g/mol. The Morgan fingerprint density at radius 3 is 1.63 bits per heavy atom. The van der Waals surface area contributed by atoms with Gasteiger partial charge >= 0.3 is 5.97 Å². The van der Waals surface area contributed by atoms with Crippen LogP contribution in [0.15, 0.2) is 9.98 Å². The third-order valence-corrected chi connectivity index (χ3v) is 10.7. The molecule has 0 saturated carbocycles. The molecule has 0 radical (unpaired) electrons. The number of nitrogens with zero attached hydrogens (tertiary/aromatic N) is 3. The summed E-state index contributed by atoms with van der Waals surface area (Å²) in [7, 11) is 0. The summed E-state index contributed by atoms with van der Waals surface area (Å²) in [4.78, 5) is 139. The summed E-state index contributed by atoms with van der Waals surface area (Å²) in [5.41, 5.74) is 32.6. The fourth-order valence-corrected chi connectivity index (χ4v) is 6.74. The number of aliphatic imine (C=N–C) groups is 2. The second-order valence-electron chi connectivity index (χ2n) is 15.5. The number of aliphatic hydroxyl groups is 2. The molecule has 29 nitrogen and oxygen atoms in total. The summed E-state index contributed by atoms with van der Waals surface area (Å²) in [5.74, 6) is -11.0.